The van der Waals surface area contributed by atoms with Crippen molar-refractivity contribution in [3.05, 3.63) is 186 Å². The Morgan fingerprint density at radius 1 is 0.596 bits per heavy atom. The summed E-state index contributed by atoms with van der Waals surface area (Å²) < 4.78 is 2.48. The lowest BCUT2D eigenvalue weighted by Gasteiger charge is -2.27. The van der Waals surface area contributed by atoms with Crippen LogP contribution in [0, 0.1) is 5.41 Å². The van der Waals surface area contributed by atoms with E-state index in [4.69, 9.17) is 0 Å². The summed E-state index contributed by atoms with van der Waals surface area (Å²) in [5.41, 5.74) is 14.5. The molecule has 1 aliphatic heterocycles. The van der Waals surface area contributed by atoms with Crippen molar-refractivity contribution in [3.63, 3.8) is 0 Å². The summed E-state index contributed by atoms with van der Waals surface area (Å²) in [5.74, 6) is 0. The number of hydrogen-bond donors (Lipinski definition) is 0. The Kier molecular flexibility index (Phi) is 7.08. The first kappa shape index (κ1) is 31.3. The molecule has 0 saturated carbocycles. The molecule has 0 bridgehead atoms. The molecule has 4 atom stereocenters. The predicted molar refractivity (Wildman–Crippen MR) is 216 cm³/mol. The van der Waals surface area contributed by atoms with Crippen LogP contribution in [0.15, 0.2) is 164 Å². The number of aromatic nitrogens is 1. The summed E-state index contributed by atoms with van der Waals surface area (Å²) in [5, 5.41) is 7.75. The Morgan fingerprint density at radius 2 is 1.37 bits per heavy atom. The summed E-state index contributed by atoms with van der Waals surface area (Å²) in [6.07, 6.45) is 10.4. The van der Waals surface area contributed by atoms with Gasteiger partial charge in [-0.25, -0.2) is 10.0 Å². The quantitative estimate of drug-likeness (QED) is 0.156. The topological polar surface area (TPSA) is 10.9 Å². The second kappa shape index (κ2) is 11.8. The van der Waals surface area contributed by atoms with Gasteiger partial charge in [-0.3, -0.25) is 0 Å². The van der Waals surface area contributed by atoms with E-state index in [9.17, 15) is 0 Å². The van der Waals surface area contributed by atoms with Crippen LogP contribution >= 0.6 is 0 Å². The van der Waals surface area contributed by atoms with Gasteiger partial charge in [0.1, 0.15) is 6.17 Å². The van der Waals surface area contributed by atoms with Gasteiger partial charge in [-0.2, -0.15) is 0 Å². The number of nitrogens with zero attached hydrogens (tertiary/aromatic N) is 3. The van der Waals surface area contributed by atoms with Crippen LogP contribution in [0.1, 0.15) is 55.6 Å². The highest BCUT2D eigenvalue weighted by molar-refractivity contribution is 6.11. The molecule has 1 aromatic heterocycles. The lowest BCUT2D eigenvalue weighted by atomic mass is 9.82. The van der Waals surface area contributed by atoms with Crippen molar-refractivity contribution in [3.8, 4) is 27.9 Å². The minimum atomic E-state index is -0.0509. The van der Waals surface area contributed by atoms with Crippen molar-refractivity contribution in [2.24, 2.45) is 5.41 Å². The van der Waals surface area contributed by atoms with Gasteiger partial charge < -0.3 is 4.57 Å². The van der Waals surface area contributed by atoms with Crippen molar-refractivity contribution in [2.45, 2.75) is 45.3 Å². The number of para-hydroxylation sites is 1. The maximum atomic E-state index is 2.58. The fourth-order valence-corrected chi connectivity index (χ4v) is 9.11. The van der Waals surface area contributed by atoms with Crippen molar-refractivity contribution >= 4 is 21.8 Å². The van der Waals surface area contributed by atoms with Gasteiger partial charge in [-0.05, 0) is 87.3 Å². The predicted octanol–water partition coefficient (Wildman–Crippen LogP) is 12.0. The van der Waals surface area contributed by atoms with E-state index < -0.39 is 0 Å². The number of hydrazine groups is 1. The molecule has 2 aliphatic carbocycles. The second-order valence-corrected chi connectivity index (χ2v) is 15.8. The van der Waals surface area contributed by atoms with Gasteiger partial charge in [0.15, 0.2) is 0 Å². The molecule has 10 rings (SSSR count). The van der Waals surface area contributed by atoms with E-state index in [1.165, 1.54) is 72.0 Å². The molecular weight excluding hydrogens is 631 g/mol. The molecule has 0 N–H and O–H groups in total. The normalized spacial score (nSPS) is 22.5. The van der Waals surface area contributed by atoms with Crippen LogP contribution in [0.4, 0.5) is 0 Å². The molecule has 254 valence electrons. The molecular formula is C49H43N3. The fraction of sp³-hybridized carbons (Fsp3) is 0.184. The van der Waals surface area contributed by atoms with Crippen molar-refractivity contribution in [1.29, 1.82) is 0 Å². The Balaban J connectivity index is 1.02. The van der Waals surface area contributed by atoms with Gasteiger partial charge >= 0.3 is 0 Å². The highest BCUT2D eigenvalue weighted by Gasteiger charge is 2.48. The SMILES string of the molecule is CC1(C[N@@]2C(c3ccc(-n4c5ccccc5c5cc6c(cc54)C(C)(C)c4ccccc4-6)cc3)[N@@]2Cc2cccc(-c3ccccc3)c2)C=CC=CC1. The standard InChI is InChI=1S/C49H43N3/c1-48(2)43-21-10-8-19-39(43)41-30-42-40-20-9-11-22-45(40)52(46(42)31-44(41)48)38-25-23-36(24-26-38)47-50(51(47)33-49(3)27-12-5-13-28-49)32-34-15-14-18-37(29-34)35-16-6-4-7-17-35/h4-27,29-31,47H,28,32-33H2,1-3H3/t47?,49?,50-,51+/m1/s1. The first-order valence-corrected chi connectivity index (χ1v) is 18.7. The number of allylic oxidation sites excluding steroid dienone is 3. The molecule has 3 nitrogen and oxygen atoms in total. The highest BCUT2D eigenvalue weighted by Crippen LogP contribution is 2.51. The molecule has 6 aromatic carbocycles. The molecule has 3 aliphatic rings. The van der Waals surface area contributed by atoms with Crippen LogP contribution in [-0.2, 0) is 12.0 Å². The van der Waals surface area contributed by atoms with Crippen LogP contribution in [0.3, 0.4) is 0 Å². The lowest BCUT2D eigenvalue weighted by molar-refractivity contribution is 0.227. The van der Waals surface area contributed by atoms with E-state index in [0.29, 0.717) is 0 Å². The minimum absolute atomic E-state index is 0.0509. The molecule has 3 heteroatoms. The number of rotatable bonds is 7. The zero-order valence-corrected chi connectivity index (χ0v) is 30.1. The molecule has 52 heavy (non-hydrogen) atoms. The third-order valence-corrected chi connectivity index (χ3v) is 11.9. The smallest absolute Gasteiger partial charge is 0.115 e. The third kappa shape index (κ3) is 5.03. The monoisotopic (exact) mass is 673 g/mol. The van der Waals surface area contributed by atoms with Gasteiger partial charge in [0.05, 0.1) is 11.0 Å². The summed E-state index contributed by atoms with van der Waals surface area (Å²) in [7, 11) is 0. The first-order valence-electron chi connectivity index (χ1n) is 18.7. The summed E-state index contributed by atoms with van der Waals surface area (Å²) in [6.45, 7) is 8.98. The molecule has 1 fully saturated rings. The van der Waals surface area contributed by atoms with Crippen molar-refractivity contribution in [1.82, 2.24) is 14.6 Å². The molecule has 2 unspecified atom stereocenters. The van der Waals surface area contributed by atoms with Gasteiger partial charge in [-0.1, -0.05) is 148 Å². The van der Waals surface area contributed by atoms with Crippen molar-refractivity contribution < 1.29 is 0 Å². The first-order chi connectivity index (χ1) is 25.4. The van der Waals surface area contributed by atoms with Crippen molar-refractivity contribution in [2.75, 3.05) is 6.54 Å². The van der Waals surface area contributed by atoms with E-state index in [2.05, 4.69) is 199 Å². The summed E-state index contributed by atoms with van der Waals surface area (Å²) in [4.78, 5) is 0. The molecule has 7 aromatic rings. The molecule has 0 spiro atoms. The minimum Gasteiger partial charge on any atom is -0.309 e. The average molecular weight is 674 g/mol. The van der Waals surface area contributed by atoms with Crippen LogP contribution in [0.25, 0.3) is 49.7 Å². The lowest BCUT2D eigenvalue weighted by Crippen LogP contribution is -2.26. The Bertz CT molecular complexity index is 2550. The van der Waals surface area contributed by atoms with Gasteiger partial charge in [0, 0.05) is 40.4 Å². The van der Waals surface area contributed by atoms with E-state index in [1.807, 2.05) is 0 Å². The number of fused-ring (bicyclic) bond motifs is 6. The third-order valence-electron chi connectivity index (χ3n) is 11.9. The van der Waals surface area contributed by atoms with Gasteiger partial charge in [-0.15, -0.1) is 0 Å². The average Bonchev–Trinajstić information content (AvgIpc) is 3.64. The van der Waals surface area contributed by atoms with Crippen LogP contribution < -0.4 is 0 Å². The Hall–Kier alpha value is -5.48. The number of benzene rings is 6. The molecule has 2 heterocycles. The van der Waals surface area contributed by atoms with E-state index in [0.717, 1.165) is 19.5 Å². The molecule has 0 amide bonds. The van der Waals surface area contributed by atoms with Crippen LogP contribution in [0.2, 0.25) is 0 Å². The fourth-order valence-electron chi connectivity index (χ4n) is 9.11. The van der Waals surface area contributed by atoms with E-state index in [-0.39, 0.29) is 17.0 Å². The maximum absolute atomic E-state index is 2.58. The van der Waals surface area contributed by atoms with Gasteiger partial charge in [0.2, 0.25) is 0 Å². The Morgan fingerprint density at radius 3 is 2.19 bits per heavy atom. The van der Waals surface area contributed by atoms with E-state index in [1.54, 1.807) is 0 Å². The second-order valence-electron chi connectivity index (χ2n) is 15.8. The van der Waals surface area contributed by atoms with Crippen LogP contribution in [-0.4, -0.2) is 21.1 Å². The zero-order chi connectivity index (χ0) is 35.0. The van der Waals surface area contributed by atoms with Gasteiger partial charge in [0.25, 0.3) is 0 Å². The highest BCUT2D eigenvalue weighted by atomic mass is 15.9. The molecule has 0 radical (unpaired) electrons. The number of hydrogen-bond acceptors (Lipinski definition) is 2. The molecule has 1 saturated heterocycles. The summed E-state index contributed by atoms with van der Waals surface area (Å²) in [6, 6.07) is 51.9. The zero-order valence-electron chi connectivity index (χ0n) is 30.1. The summed E-state index contributed by atoms with van der Waals surface area (Å²) >= 11 is 0. The maximum Gasteiger partial charge on any atom is 0.115 e. The van der Waals surface area contributed by atoms with E-state index >= 15 is 0 Å². The van der Waals surface area contributed by atoms with Crippen LogP contribution in [0.5, 0.6) is 0 Å². The Labute approximate surface area is 306 Å². The largest absolute Gasteiger partial charge is 0.309 e.